The summed E-state index contributed by atoms with van der Waals surface area (Å²) < 4.78 is 3.56. The van der Waals surface area contributed by atoms with E-state index in [0.717, 1.165) is 21.2 Å². The Bertz CT molecular complexity index is 582. The van der Waals surface area contributed by atoms with Gasteiger partial charge in [0.1, 0.15) is 0 Å². The topological polar surface area (TPSA) is 33.6 Å². The smallest absolute Gasteiger partial charge is 0.179 e. The van der Waals surface area contributed by atoms with Crippen molar-refractivity contribution in [3.63, 3.8) is 0 Å². The number of halogens is 1. The van der Waals surface area contributed by atoms with Crippen LogP contribution < -0.4 is 0 Å². The average Bonchev–Trinajstić information content (AvgIpc) is 2.41. The van der Waals surface area contributed by atoms with E-state index in [1.54, 1.807) is 6.20 Å². The van der Waals surface area contributed by atoms with Crippen molar-refractivity contribution in [3.8, 4) is 0 Å². The monoisotopic (exact) mass is 283 g/mol. The van der Waals surface area contributed by atoms with Crippen LogP contribution in [-0.2, 0) is 6.54 Å². The van der Waals surface area contributed by atoms with Crippen molar-refractivity contribution >= 4 is 39.3 Å². The molecule has 0 amide bonds. The van der Waals surface area contributed by atoms with E-state index in [9.17, 15) is 0 Å². The van der Waals surface area contributed by atoms with Gasteiger partial charge in [0.05, 0.1) is 5.52 Å². The molecule has 1 N–H and O–H groups in total. The zero-order valence-corrected chi connectivity index (χ0v) is 10.7. The molecule has 0 radical (unpaired) electrons. The van der Waals surface area contributed by atoms with E-state index < -0.39 is 0 Å². The number of aromatic amines is 1. The quantitative estimate of drug-likeness (QED) is 0.677. The molecule has 0 atom stereocenters. The predicted molar refractivity (Wildman–Crippen MR) is 67.4 cm³/mol. The van der Waals surface area contributed by atoms with E-state index in [4.69, 9.17) is 12.2 Å². The number of pyridine rings is 1. The highest BCUT2D eigenvalue weighted by atomic mass is 79.9. The van der Waals surface area contributed by atoms with Gasteiger partial charge in [-0.15, -0.1) is 0 Å². The molecular weight excluding hydrogens is 274 g/mol. The van der Waals surface area contributed by atoms with Crippen molar-refractivity contribution in [2.75, 3.05) is 0 Å². The highest BCUT2D eigenvalue weighted by molar-refractivity contribution is 9.10. The van der Waals surface area contributed by atoms with Crippen LogP contribution in [0.3, 0.4) is 0 Å². The Morgan fingerprint density at radius 3 is 3.13 bits per heavy atom. The normalized spacial score (nSPS) is 10.8. The average molecular weight is 284 g/mol. The minimum atomic E-state index is 0.679. The summed E-state index contributed by atoms with van der Waals surface area (Å²) in [6, 6.07) is 1.97. The molecule has 0 aliphatic heterocycles. The summed E-state index contributed by atoms with van der Waals surface area (Å²) >= 11 is 8.60. The van der Waals surface area contributed by atoms with E-state index in [0.29, 0.717) is 11.3 Å². The Hall–Kier alpha value is -0.940. The Morgan fingerprint density at radius 2 is 2.47 bits per heavy atom. The number of rotatable bonds is 2. The van der Waals surface area contributed by atoms with Crippen LogP contribution in [0, 0.1) is 4.77 Å². The fourth-order valence-corrected chi connectivity index (χ4v) is 2.03. The molecule has 0 saturated carbocycles. The second-order valence-corrected chi connectivity index (χ2v) is 4.80. The van der Waals surface area contributed by atoms with Crippen molar-refractivity contribution in [3.05, 3.63) is 33.7 Å². The second kappa shape index (κ2) is 3.90. The minimum Gasteiger partial charge on any atom is -0.329 e. The Balaban J connectivity index is 2.68. The van der Waals surface area contributed by atoms with Gasteiger partial charge in [-0.25, -0.2) is 4.98 Å². The highest BCUT2D eigenvalue weighted by Gasteiger charge is 2.05. The van der Waals surface area contributed by atoms with Gasteiger partial charge in [0.15, 0.2) is 10.4 Å². The molecule has 2 heterocycles. The van der Waals surface area contributed by atoms with E-state index in [1.165, 1.54) is 0 Å². The second-order valence-electron chi connectivity index (χ2n) is 3.50. The van der Waals surface area contributed by atoms with Crippen molar-refractivity contribution in [2.45, 2.75) is 13.5 Å². The van der Waals surface area contributed by atoms with Crippen LogP contribution in [0.2, 0.25) is 0 Å². The van der Waals surface area contributed by atoms with Crippen LogP contribution >= 0.6 is 28.1 Å². The number of allylic oxidation sites excluding steroid dienone is 1. The maximum Gasteiger partial charge on any atom is 0.179 e. The van der Waals surface area contributed by atoms with Gasteiger partial charge in [-0.05, 0) is 41.1 Å². The SMILES string of the molecule is C=C(C)Cn1c(=S)[nH]c2cc(Br)cnc21. The molecule has 0 saturated heterocycles. The molecule has 0 fully saturated rings. The summed E-state index contributed by atoms with van der Waals surface area (Å²) in [7, 11) is 0. The Kier molecular flexibility index (Phi) is 2.75. The zero-order chi connectivity index (χ0) is 11.0. The fraction of sp³-hybridized carbons (Fsp3) is 0.200. The predicted octanol–water partition coefficient (Wildman–Crippen LogP) is 3.43. The lowest BCUT2D eigenvalue weighted by Crippen LogP contribution is -1.99. The number of hydrogen-bond donors (Lipinski definition) is 1. The summed E-state index contributed by atoms with van der Waals surface area (Å²) in [4.78, 5) is 7.45. The first-order valence-corrected chi connectivity index (χ1v) is 5.66. The van der Waals surface area contributed by atoms with E-state index in [2.05, 4.69) is 32.5 Å². The standard InChI is InChI=1S/C10H10BrN3S/c1-6(2)5-14-9-8(13-10(14)15)3-7(11)4-12-9/h3-4H,1,5H2,2H3,(H,13,15). The first kappa shape index (κ1) is 10.6. The number of nitrogens with zero attached hydrogens (tertiary/aromatic N) is 2. The van der Waals surface area contributed by atoms with Gasteiger partial charge >= 0.3 is 0 Å². The van der Waals surface area contributed by atoms with Crippen LogP contribution in [-0.4, -0.2) is 14.5 Å². The largest absolute Gasteiger partial charge is 0.329 e. The van der Waals surface area contributed by atoms with Gasteiger partial charge in [-0.1, -0.05) is 12.2 Å². The summed E-state index contributed by atoms with van der Waals surface area (Å²) in [5, 5.41) is 0. The third kappa shape index (κ3) is 2.03. The van der Waals surface area contributed by atoms with Crippen molar-refractivity contribution in [2.24, 2.45) is 0 Å². The third-order valence-corrected chi connectivity index (χ3v) is 2.76. The summed E-state index contributed by atoms with van der Waals surface area (Å²) in [6.45, 7) is 6.55. The molecule has 5 heteroatoms. The molecule has 0 aliphatic rings. The molecule has 0 unspecified atom stereocenters. The van der Waals surface area contributed by atoms with Gasteiger partial charge < -0.3 is 4.98 Å². The van der Waals surface area contributed by atoms with Crippen LogP contribution in [0.5, 0.6) is 0 Å². The van der Waals surface area contributed by atoms with Crippen molar-refractivity contribution in [1.29, 1.82) is 0 Å². The first-order chi connectivity index (χ1) is 7.08. The molecule has 3 nitrogen and oxygen atoms in total. The van der Waals surface area contributed by atoms with Gasteiger partial charge in [0, 0.05) is 17.2 Å². The van der Waals surface area contributed by atoms with Gasteiger partial charge in [0.2, 0.25) is 0 Å². The maximum atomic E-state index is 5.23. The van der Waals surface area contributed by atoms with Crippen LogP contribution in [0.15, 0.2) is 28.9 Å². The van der Waals surface area contributed by atoms with Gasteiger partial charge in [-0.2, -0.15) is 0 Å². The zero-order valence-electron chi connectivity index (χ0n) is 8.25. The first-order valence-electron chi connectivity index (χ1n) is 4.46. The lowest BCUT2D eigenvalue weighted by Gasteiger charge is -2.02. The van der Waals surface area contributed by atoms with Crippen LogP contribution in [0.4, 0.5) is 0 Å². The van der Waals surface area contributed by atoms with Gasteiger partial charge in [-0.3, -0.25) is 4.57 Å². The summed E-state index contributed by atoms with van der Waals surface area (Å²) in [6.07, 6.45) is 1.76. The van der Waals surface area contributed by atoms with Crippen LogP contribution in [0.1, 0.15) is 6.92 Å². The van der Waals surface area contributed by atoms with Crippen LogP contribution in [0.25, 0.3) is 11.2 Å². The highest BCUT2D eigenvalue weighted by Crippen LogP contribution is 2.17. The van der Waals surface area contributed by atoms with Gasteiger partial charge in [0.25, 0.3) is 0 Å². The maximum absolute atomic E-state index is 5.23. The lowest BCUT2D eigenvalue weighted by atomic mass is 10.3. The molecule has 0 aliphatic carbocycles. The van der Waals surface area contributed by atoms with E-state index >= 15 is 0 Å². The number of aromatic nitrogens is 3. The van der Waals surface area contributed by atoms with E-state index in [-0.39, 0.29) is 0 Å². The number of H-pyrrole nitrogens is 1. The molecular formula is C10H10BrN3S. The molecule has 0 bridgehead atoms. The molecule has 15 heavy (non-hydrogen) atoms. The minimum absolute atomic E-state index is 0.679. The van der Waals surface area contributed by atoms with Crippen molar-refractivity contribution in [1.82, 2.24) is 14.5 Å². The number of fused-ring (bicyclic) bond motifs is 1. The molecule has 2 aromatic heterocycles. The summed E-state index contributed by atoms with van der Waals surface area (Å²) in [5.74, 6) is 0. The van der Waals surface area contributed by atoms with Crippen molar-refractivity contribution < 1.29 is 0 Å². The molecule has 0 spiro atoms. The number of nitrogens with one attached hydrogen (secondary N) is 1. The number of imidazole rings is 1. The molecule has 2 rings (SSSR count). The number of hydrogen-bond acceptors (Lipinski definition) is 2. The Labute approximate surface area is 101 Å². The lowest BCUT2D eigenvalue weighted by molar-refractivity contribution is 0.788. The third-order valence-electron chi connectivity index (χ3n) is 2.00. The summed E-state index contributed by atoms with van der Waals surface area (Å²) in [5.41, 5.74) is 2.86. The molecule has 0 aromatic carbocycles. The van der Waals surface area contributed by atoms with E-state index in [1.807, 2.05) is 17.6 Å². The molecule has 78 valence electrons. The Morgan fingerprint density at radius 1 is 1.73 bits per heavy atom. The fourth-order valence-electron chi connectivity index (χ4n) is 1.43. The molecule has 2 aromatic rings.